The number of hydrogen-bond acceptors (Lipinski definition) is 12. The molecule has 12 heterocycles. The Morgan fingerprint density at radius 3 is 0.765 bits per heavy atom. The van der Waals surface area contributed by atoms with Crippen molar-refractivity contribution in [1.29, 1.82) is 0 Å². The number of furan rings is 4. The summed E-state index contributed by atoms with van der Waals surface area (Å²) in [5.41, 5.74) is 22.4. The Kier molecular flexibility index (Phi) is 27.2. The van der Waals surface area contributed by atoms with Gasteiger partial charge in [0.15, 0.2) is 0 Å². The van der Waals surface area contributed by atoms with E-state index in [4.69, 9.17) is 42.3 Å². The first-order valence-electron chi connectivity index (χ1n) is 50.9. The van der Waals surface area contributed by atoms with E-state index in [0.717, 1.165) is 161 Å². The molecule has 24 aromatic rings. The van der Waals surface area contributed by atoms with Crippen LogP contribution in [0.15, 0.2) is 407 Å². The molecule has 12 aromatic carbocycles. The molecule has 12 nitrogen and oxygen atoms in total. The minimum Gasteiger partial charge on any atom is -0.501 e. The Bertz CT molecular complexity index is 8070. The Labute approximate surface area is 871 Å². The molecule has 0 amide bonds. The molecule has 0 aliphatic heterocycles. The quantitative estimate of drug-likeness (QED) is 0.133. The predicted octanol–water partition coefficient (Wildman–Crippen LogP) is 30.4. The van der Waals surface area contributed by atoms with Crippen LogP contribution in [0.2, 0.25) is 0 Å². The maximum absolute atomic E-state index is 7.41. The van der Waals surface area contributed by atoms with E-state index in [1.807, 2.05) is 237 Å². The number of nitrogens with zero attached hydrogens (tertiary/aromatic N) is 8. The molecule has 0 spiro atoms. The van der Waals surface area contributed by atoms with Crippen molar-refractivity contribution < 1.29 is 123 Å². The molecule has 16 heteroatoms. The second-order valence-electron chi connectivity index (χ2n) is 29.8. The number of benzene rings is 12. The van der Waals surface area contributed by atoms with E-state index >= 15 is 0 Å². The number of para-hydroxylation sites is 4. The number of pyridine rings is 8. The average Bonchev–Trinajstić information content (AvgIpc) is 1.63. The summed E-state index contributed by atoms with van der Waals surface area (Å²) in [4.78, 5) is 34.0. The van der Waals surface area contributed by atoms with Crippen molar-refractivity contribution in [2.24, 2.45) is 0 Å². The molecular weight excluding hydrogens is 2390 g/mol. The van der Waals surface area contributed by atoms with Gasteiger partial charge >= 0.3 is 0 Å². The number of fused-ring (bicyclic) bond motifs is 12. The largest absolute Gasteiger partial charge is 0.501 e. The van der Waals surface area contributed by atoms with Crippen LogP contribution in [0.5, 0.6) is 0 Å². The van der Waals surface area contributed by atoms with Crippen LogP contribution in [0, 0.1) is 103 Å². The van der Waals surface area contributed by atoms with Crippen molar-refractivity contribution in [1.82, 2.24) is 39.9 Å². The summed E-state index contributed by atoms with van der Waals surface area (Å²) in [6, 6.07) is 130. The van der Waals surface area contributed by atoms with Gasteiger partial charge in [-0.15, -0.1) is 215 Å². The van der Waals surface area contributed by atoms with Gasteiger partial charge in [-0.1, -0.05) is 226 Å². The maximum atomic E-state index is 7.41. The molecule has 0 N–H and O–H groups in total. The van der Waals surface area contributed by atoms with E-state index in [1.165, 1.54) is 55.1 Å². The van der Waals surface area contributed by atoms with Gasteiger partial charge in [0.25, 0.3) is 0 Å². The van der Waals surface area contributed by atoms with Crippen molar-refractivity contribution in [3.05, 3.63) is 482 Å². The average molecular weight is 2490 g/mol. The van der Waals surface area contributed by atoms with Crippen LogP contribution >= 0.6 is 0 Å². The van der Waals surface area contributed by atoms with Crippen LogP contribution in [-0.2, 0) is 80.4 Å². The fraction of sp³-hybridized carbons (Fsp3) is 0.0667. The molecule has 24 rings (SSSR count). The van der Waals surface area contributed by atoms with Gasteiger partial charge in [-0.3, -0.25) is 0 Å². The van der Waals surface area contributed by atoms with Gasteiger partial charge < -0.3 is 57.5 Å². The summed E-state index contributed by atoms with van der Waals surface area (Å²) < 4.78 is 156. The van der Waals surface area contributed by atoms with Crippen LogP contribution in [0.3, 0.4) is 0 Å². The Morgan fingerprint density at radius 2 is 0.500 bits per heavy atom. The van der Waals surface area contributed by atoms with E-state index in [0.29, 0.717) is 33.6 Å². The standard InChI is InChI=1S/4C17H10NO.C14H14N.2C13H12N.C12H10N.4Ir/c4*1-2-10-16-12(6-1)13-7-5-8-14(17(13)19-16)15-9-3-4-11-18-15;1-10-4-6-13(7-5-10)14-8-11(2)12(3)9-15-14;1-10-3-6-12(7-4-10)13-8-5-11(2)9-14-13;1-10-8-13(14-9-11(10)2)12-6-4-3-5-7-12;1-10-7-8-12(13-9-10)11-5-3-2-4-6-11;;;;/h4*1-7,9-11H;4-6,8-9H,1-3H3;2*3-6,8-9H,1-2H3;2-5,7-9H,1H3;;;;/q8*-1;;;;/i;;;;1D3,3D3;1D3,2D3;2D3;1D3;;;;. The summed E-state index contributed by atoms with van der Waals surface area (Å²) in [6.45, 7) is -9.39. The minimum atomic E-state index is -2.19. The predicted molar refractivity (Wildman–Crippen MR) is 535 cm³/mol. The SMILES string of the molecule is [2H]C([2H])([2H])c1c[c-]c(-c2cc(C)c(C([2H])([2H])[2H])cn2)cc1.[2H]C([2H])([2H])c1c[c-]c(-c2ccc(C([2H])([2H])[2H])cn2)cc1.[2H]C([2H])([2H])c1ccc(-c2[c-]cccc2)nc1.[2H]C([2H])([2H])c1cnc(-c2[c-]cccc2)cc1C.[Ir].[Ir].[Ir].[Ir].[c-]1ccc2c(oc3ccccc32)c1-c1ccccn1.[c-]1ccc2c(oc3ccccc32)c1-c1ccccn1.[c-]1ccc2c(oc3ccccc32)c1-c1ccccn1.[c-]1ccc2c(oc3ccccc32)c1-c1ccccn1. The van der Waals surface area contributed by atoms with E-state index in [1.54, 1.807) is 87.2 Å². The monoisotopic (exact) mass is 2490 g/mol. The summed E-state index contributed by atoms with van der Waals surface area (Å²) in [7, 11) is 0. The van der Waals surface area contributed by atoms with Gasteiger partial charge in [0.05, 0.1) is 22.3 Å². The fourth-order valence-electron chi connectivity index (χ4n) is 14.4. The van der Waals surface area contributed by atoms with Gasteiger partial charge in [-0.05, 0) is 158 Å². The van der Waals surface area contributed by atoms with E-state index < -0.39 is 41.1 Å². The van der Waals surface area contributed by atoms with Crippen molar-refractivity contribution in [2.75, 3.05) is 0 Å². The summed E-state index contributed by atoms with van der Waals surface area (Å²) >= 11 is 0. The molecule has 4 radical (unpaired) electrons. The second-order valence-corrected chi connectivity index (χ2v) is 29.8. The van der Waals surface area contributed by atoms with Gasteiger partial charge in [0.1, 0.15) is 22.3 Å². The van der Waals surface area contributed by atoms with E-state index in [2.05, 4.69) is 113 Å². The summed E-state index contributed by atoms with van der Waals surface area (Å²) in [6.07, 6.45) is 12.6. The van der Waals surface area contributed by atoms with E-state index in [-0.39, 0.29) is 108 Å². The van der Waals surface area contributed by atoms with Crippen LogP contribution in [0.25, 0.3) is 178 Å². The number of rotatable bonds is 8. The Balaban J connectivity index is 0.000000146. The van der Waals surface area contributed by atoms with Crippen molar-refractivity contribution in [3.8, 4) is 90.1 Å². The van der Waals surface area contributed by atoms with Crippen LogP contribution in [0.4, 0.5) is 0 Å². The summed E-state index contributed by atoms with van der Waals surface area (Å²) in [5.74, 6) is 0. The normalized spacial score (nSPS) is 12.9. The molecule has 0 fully saturated rings. The van der Waals surface area contributed by atoms with Crippen LogP contribution < -0.4 is 0 Å². The first kappa shape index (κ1) is 77.0. The van der Waals surface area contributed by atoms with Crippen molar-refractivity contribution >= 4 is 87.8 Å². The maximum Gasteiger partial charge on any atom is 0.120 e. The zero-order chi connectivity index (χ0) is 105. The third kappa shape index (κ3) is 24.2. The molecule has 0 bridgehead atoms. The molecule has 0 aliphatic carbocycles. The van der Waals surface area contributed by atoms with E-state index in [9.17, 15) is 0 Å². The Hall–Kier alpha value is -14.4. The van der Waals surface area contributed by atoms with Gasteiger partial charge in [-0.2, -0.15) is 0 Å². The summed E-state index contributed by atoms with van der Waals surface area (Å²) in [5, 5.41) is 8.94. The van der Waals surface area contributed by atoms with Crippen LogP contribution in [0.1, 0.15) is 69.2 Å². The molecule has 0 saturated heterocycles. The smallest absolute Gasteiger partial charge is 0.120 e. The number of aryl methyl sites for hydroxylation is 8. The molecule has 0 unspecified atom stereocenters. The fourth-order valence-corrected chi connectivity index (χ4v) is 14.4. The van der Waals surface area contributed by atoms with Crippen molar-refractivity contribution in [3.63, 3.8) is 0 Å². The van der Waals surface area contributed by atoms with Gasteiger partial charge in [0, 0.05) is 176 Å². The van der Waals surface area contributed by atoms with Gasteiger partial charge in [0.2, 0.25) is 0 Å². The number of aromatic nitrogens is 8. The van der Waals surface area contributed by atoms with Crippen molar-refractivity contribution in [2.45, 2.75) is 55.0 Å². The topological polar surface area (TPSA) is 156 Å². The second kappa shape index (κ2) is 48.0. The molecule has 12 aromatic heterocycles. The third-order valence-electron chi connectivity index (χ3n) is 20.9. The Morgan fingerprint density at radius 1 is 0.213 bits per heavy atom. The van der Waals surface area contributed by atoms with Crippen LogP contribution in [-0.4, -0.2) is 39.9 Å². The third-order valence-corrected chi connectivity index (χ3v) is 20.9. The number of hydrogen-bond donors (Lipinski definition) is 0. The molecule has 676 valence electrons. The first-order valence-corrected chi connectivity index (χ1v) is 41.9. The molecule has 136 heavy (non-hydrogen) atoms. The zero-order valence-corrected chi connectivity index (χ0v) is 82.1. The molecule has 0 saturated carbocycles. The minimum absolute atomic E-state index is 0. The zero-order valence-electron chi connectivity index (χ0n) is 90.5. The van der Waals surface area contributed by atoms with Gasteiger partial charge in [-0.25, -0.2) is 0 Å². The molecular formula is C120H88Ir4N8O4-8. The first-order chi connectivity index (χ1) is 72.0. The molecule has 0 aliphatic rings. The molecule has 0 atom stereocenters.